The first-order chi connectivity index (χ1) is 10.3. The minimum absolute atomic E-state index is 0.165. The summed E-state index contributed by atoms with van der Waals surface area (Å²) in [6.45, 7) is 6.68. The lowest BCUT2D eigenvalue weighted by Crippen LogP contribution is -2.43. The number of aromatic nitrogens is 4. The molecule has 2 aromatic rings. The Labute approximate surface area is 127 Å². The fourth-order valence-corrected chi connectivity index (χ4v) is 3.12. The molecule has 0 aliphatic carbocycles. The molecule has 8 heteroatoms. The first-order valence-electron chi connectivity index (χ1n) is 7.10. The van der Waals surface area contributed by atoms with Crippen molar-refractivity contribution in [3.63, 3.8) is 0 Å². The summed E-state index contributed by atoms with van der Waals surface area (Å²) in [5.41, 5.74) is 0. The van der Waals surface area contributed by atoms with Gasteiger partial charge in [-0.2, -0.15) is 5.10 Å². The van der Waals surface area contributed by atoms with Gasteiger partial charge in [-0.3, -0.25) is 9.58 Å². The van der Waals surface area contributed by atoms with Gasteiger partial charge in [0, 0.05) is 25.5 Å². The summed E-state index contributed by atoms with van der Waals surface area (Å²) < 4.78 is 13.1. The molecule has 1 saturated heterocycles. The summed E-state index contributed by atoms with van der Waals surface area (Å²) >= 11 is 1.51. The van der Waals surface area contributed by atoms with Crippen LogP contribution in [0.4, 0.5) is 0 Å². The van der Waals surface area contributed by atoms with E-state index in [1.165, 1.54) is 11.3 Å². The molecule has 114 valence electrons. The number of morpholine rings is 1. The molecule has 0 saturated carbocycles. The van der Waals surface area contributed by atoms with Gasteiger partial charge >= 0.3 is 0 Å². The molecule has 0 bridgehead atoms. The molecule has 1 atom stereocenters. The molecular formula is C13H19N5O2S. The van der Waals surface area contributed by atoms with Crippen molar-refractivity contribution < 1.29 is 9.47 Å². The van der Waals surface area contributed by atoms with Crippen molar-refractivity contribution in [3.05, 3.63) is 23.5 Å². The number of nitrogens with zero attached hydrogens (tertiary/aromatic N) is 5. The Kier molecular flexibility index (Phi) is 4.79. The van der Waals surface area contributed by atoms with Gasteiger partial charge in [-0.05, 0) is 13.0 Å². The highest BCUT2D eigenvalue weighted by molar-refractivity contribution is 7.13. The van der Waals surface area contributed by atoms with Crippen LogP contribution < -0.4 is 4.74 Å². The van der Waals surface area contributed by atoms with Crippen molar-refractivity contribution in [1.29, 1.82) is 0 Å². The van der Waals surface area contributed by atoms with Crippen molar-refractivity contribution >= 4 is 11.3 Å². The van der Waals surface area contributed by atoms with E-state index in [-0.39, 0.29) is 6.10 Å². The Balaban J connectivity index is 1.53. The van der Waals surface area contributed by atoms with E-state index in [1.54, 1.807) is 6.20 Å². The molecule has 3 rings (SSSR count). The number of rotatable bonds is 6. The van der Waals surface area contributed by atoms with Gasteiger partial charge in [-0.1, -0.05) is 11.3 Å². The third-order valence-electron chi connectivity index (χ3n) is 3.25. The predicted molar refractivity (Wildman–Crippen MR) is 78.3 cm³/mol. The lowest BCUT2D eigenvalue weighted by Gasteiger charge is -2.32. The third kappa shape index (κ3) is 3.99. The molecule has 0 radical (unpaired) electrons. The van der Waals surface area contributed by atoms with Crippen LogP contribution in [0.2, 0.25) is 0 Å². The number of hydrogen-bond donors (Lipinski definition) is 0. The fourth-order valence-electron chi connectivity index (χ4n) is 2.33. The smallest absolute Gasteiger partial charge is 0.294 e. The summed E-state index contributed by atoms with van der Waals surface area (Å²) in [6, 6.07) is 1.93. The molecular weight excluding hydrogens is 290 g/mol. The molecule has 3 heterocycles. The second kappa shape index (κ2) is 6.97. The molecule has 21 heavy (non-hydrogen) atoms. The highest BCUT2D eigenvalue weighted by Crippen LogP contribution is 2.20. The van der Waals surface area contributed by atoms with Gasteiger partial charge < -0.3 is 9.47 Å². The van der Waals surface area contributed by atoms with Crippen LogP contribution in [-0.2, 0) is 17.8 Å². The second-order valence-electron chi connectivity index (χ2n) is 4.85. The van der Waals surface area contributed by atoms with Crippen LogP contribution in [0.5, 0.6) is 5.19 Å². The third-order valence-corrected chi connectivity index (χ3v) is 4.07. The van der Waals surface area contributed by atoms with Crippen LogP contribution in [0, 0.1) is 0 Å². The first-order valence-corrected chi connectivity index (χ1v) is 7.91. The Hall–Kier alpha value is -1.51. The average Bonchev–Trinajstić information content (AvgIpc) is 3.12. The monoisotopic (exact) mass is 309 g/mol. The van der Waals surface area contributed by atoms with Gasteiger partial charge in [0.2, 0.25) is 0 Å². The van der Waals surface area contributed by atoms with Gasteiger partial charge in [-0.15, -0.1) is 10.2 Å². The van der Waals surface area contributed by atoms with Crippen LogP contribution in [0.3, 0.4) is 0 Å². The zero-order valence-electron chi connectivity index (χ0n) is 12.0. The Morgan fingerprint density at radius 1 is 1.48 bits per heavy atom. The van der Waals surface area contributed by atoms with E-state index in [1.807, 2.05) is 23.9 Å². The van der Waals surface area contributed by atoms with E-state index >= 15 is 0 Å². The topological polar surface area (TPSA) is 65.3 Å². The molecule has 1 fully saturated rings. The SMILES string of the molecule is CCOc1nnc(CN2CCO[C@H](Cn3cccn3)C2)s1. The molecule has 7 nitrogen and oxygen atoms in total. The van der Waals surface area contributed by atoms with E-state index in [0.717, 1.165) is 37.8 Å². The van der Waals surface area contributed by atoms with Crippen molar-refractivity contribution in [2.45, 2.75) is 26.1 Å². The maximum Gasteiger partial charge on any atom is 0.294 e. The standard InChI is InChI=1S/C13H19N5O2S/c1-2-19-13-16-15-12(21-13)10-17-6-7-20-11(8-17)9-18-5-3-4-14-18/h3-5,11H,2,6-10H2,1H3/t11-/m0/s1. The lowest BCUT2D eigenvalue weighted by molar-refractivity contribution is -0.0402. The minimum atomic E-state index is 0.165. The van der Waals surface area contributed by atoms with Crippen molar-refractivity contribution in [1.82, 2.24) is 24.9 Å². The highest BCUT2D eigenvalue weighted by Gasteiger charge is 2.22. The molecule has 1 aliphatic heterocycles. The summed E-state index contributed by atoms with van der Waals surface area (Å²) in [7, 11) is 0. The Bertz CT molecular complexity index is 545. The summed E-state index contributed by atoms with van der Waals surface area (Å²) in [5.74, 6) is 0. The van der Waals surface area contributed by atoms with Crippen molar-refractivity contribution in [2.24, 2.45) is 0 Å². The van der Waals surface area contributed by atoms with Crippen molar-refractivity contribution in [3.8, 4) is 5.19 Å². The van der Waals surface area contributed by atoms with Crippen LogP contribution in [0.15, 0.2) is 18.5 Å². The molecule has 0 unspecified atom stereocenters. The normalized spacial score (nSPS) is 19.8. The second-order valence-corrected chi connectivity index (χ2v) is 5.88. The molecule has 0 N–H and O–H groups in total. The Morgan fingerprint density at radius 3 is 3.24 bits per heavy atom. The summed E-state index contributed by atoms with van der Waals surface area (Å²) in [5, 5.41) is 14.1. The Morgan fingerprint density at radius 2 is 2.43 bits per heavy atom. The van der Waals surface area contributed by atoms with Gasteiger partial charge in [0.15, 0.2) is 0 Å². The van der Waals surface area contributed by atoms with E-state index in [0.29, 0.717) is 11.8 Å². The number of ether oxygens (including phenoxy) is 2. The maximum absolute atomic E-state index is 5.80. The van der Waals surface area contributed by atoms with Crippen LogP contribution in [0.1, 0.15) is 11.9 Å². The summed E-state index contributed by atoms with van der Waals surface area (Å²) in [6.07, 6.45) is 3.91. The quantitative estimate of drug-likeness (QED) is 0.794. The maximum atomic E-state index is 5.80. The zero-order chi connectivity index (χ0) is 14.5. The van der Waals surface area contributed by atoms with Crippen LogP contribution in [0.25, 0.3) is 0 Å². The van der Waals surface area contributed by atoms with Crippen LogP contribution >= 0.6 is 11.3 Å². The van der Waals surface area contributed by atoms with Gasteiger partial charge in [0.25, 0.3) is 5.19 Å². The number of hydrogen-bond acceptors (Lipinski definition) is 7. The zero-order valence-corrected chi connectivity index (χ0v) is 12.8. The molecule has 0 spiro atoms. The first kappa shape index (κ1) is 14.4. The largest absolute Gasteiger partial charge is 0.469 e. The fraction of sp³-hybridized carbons (Fsp3) is 0.615. The van der Waals surface area contributed by atoms with E-state index in [4.69, 9.17) is 9.47 Å². The average molecular weight is 309 g/mol. The molecule has 2 aromatic heterocycles. The van der Waals surface area contributed by atoms with Crippen LogP contribution in [-0.4, -0.2) is 57.3 Å². The van der Waals surface area contributed by atoms with E-state index < -0.39 is 0 Å². The molecule has 0 amide bonds. The van der Waals surface area contributed by atoms with Gasteiger partial charge in [0.05, 0.1) is 32.4 Å². The summed E-state index contributed by atoms with van der Waals surface area (Å²) in [4.78, 5) is 2.34. The molecule has 0 aromatic carbocycles. The highest BCUT2D eigenvalue weighted by atomic mass is 32.1. The van der Waals surface area contributed by atoms with E-state index in [9.17, 15) is 0 Å². The molecule has 1 aliphatic rings. The lowest BCUT2D eigenvalue weighted by atomic mass is 10.2. The minimum Gasteiger partial charge on any atom is -0.469 e. The van der Waals surface area contributed by atoms with Gasteiger partial charge in [0.1, 0.15) is 5.01 Å². The van der Waals surface area contributed by atoms with E-state index in [2.05, 4.69) is 20.2 Å². The predicted octanol–water partition coefficient (Wildman–Crippen LogP) is 1.03. The van der Waals surface area contributed by atoms with Crippen molar-refractivity contribution in [2.75, 3.05) is 26.3 Å². The van der Waals surface area contributed by atoms with Gasteiger partial charge in [-0.25, -0.2) is 0 Å².